The molecule has 2 atom stereocenters. The Labute approximate surface area is 188 Å². The number of piperazine rings is 1. The summed E-state index contributed by atoms with van der Waals surface area (Å²) in [6.07, 6.45) is 3.64. The molecule has 0 unspecified atom stereocenters. The number of anilines is 1. The number of carbonyl (C=O) groups excluding carboxylic acids is 3. The first-order valence-electron chi connectivity index (χ1n) is 11.7. The van der Waals surface area contributed by atoms with E-state index < -0.39 is 0 Å². The van der Waals surface area contributed by atoms with Gasteiger partial charge in [-0.05, 0) is 42.7 Å². The molecule has 1 saturated carbocycles. The van der Waals surface area contributed by atoms with Crippen LogP contribution in [0.3, 0.4) is 0 Å². The van der Waals surface area contributed by atoms with Gasteiger partial charge >= 0.3 is 0 Å². The molecule has 2 aromatic carbocycles. The van der Waals surface area contributed by atoms with Crippen molar-refractivity contribution in [3.8, 4) is 0 Å². The number of nitrogens with zero attached hydrogens (tertiary/aromatic N) is 3. The number of amides is 3. The molecule has 6 nitrogen and oxygen atoms in total. The maximum absolute atomic E-state index is 13.0. The molecule has 0 bridgehead atoms. The zero-order valence-corrected chi connectivity index (χ0v) is 18.3. The van der Waals surface area contributed by atoms with E-state index in [1.807, 2.05) is 11.0 Å². The molecule has 3 amide bonds. The second-order valence-corrected chi connectivity index (χ2v) is 9.11. The van der Waals surface area contributed by atoms with Crippen LogP contribution in [0.1, 0.15) is 41.6 Å². The maximum Gasteiger partial charge on any atom is 0.253 e. The predicted octanol–water partition coefficient (Wildman–Crippen LogP) is 3.32. The van der Waals surface area contributed by atoms with Crippen molar-refractivity contribution in [2.24, 2.45) is 11.8 Å². The third kappa shape index (κ3) is 3.95. The number of rotatable bonds is 4. The molecule has 32 heavy (non-hydrogen) atoms. The molecule has 0 N–H and O–H groups in total. The molecule has 1 aliphatic carbocycles. The summed E-state index contributed by atoms with van der Waals surface area (Å²) >= 11 is 0. The first-order valence-corrected chi connectivity index (χ1v) is 11.7. The molecule has 2 saturated heterocycles. The third-order valence-corrected chi connectivity index (χ3v) is 7.12. The lowest BCUT2D eigenvalue weighted by Gasteiger charge is -2.34. The molecule has 2 aliphatic heterocycles. The van der Waals surface area contributed by atoms with Crippen LogP contribution in [0.5, 0.6) is 0 Å². The monoisotopic (exact) mass is 431 g/mol. The van der Waals surface area contributed by atoms with E-state index in [0.29, 0.717) is 24.3 Å². The van der Waals surface area contributed by atoms with Crippen LogP contribution in [0.25, 0.3) is 0 Å². The minimum Gasteiger partial charge on any atom is -0.336 e. The Hall–Kier alpha value is -2.99. The topological polar surface area (TPSA) is 60.9 Å². The van der Waals surface area contributed by atoms with E-state index in [1.165, 1.54) is 10.5 Å². The van der Waals surface area contributed by atoms with Gasteiger partial charge in [-0.15, -0.1) is 0 Å². The van der Waals surface area contributed by atoms with Crippen LogP contribution in [0.2, 0.25) is 0 Å². The molecule has 166 valence electrons. The summed E-state index contributed by atoms with van der Waals surface area (Å²) in [6, 6.07) is 17.4. The second-order valence-electron chi connectivity index (χ2n) is 9.11. The fourth-order valence-corrected chi connectivity index (χ4v) is 5.30. The molecule has 0 aromatic heterocycles. The fourth-order valence-electron chi connectivity index (χ4n) is 5.30. The highest BCUT2D eigenvalue weighted by Gasteiger charge is 2.48. The zero-order chi connectivity index (χ0) is 22.1. The van der Waals surface area contributed by atoms with Gasteiger partial charge in [0.2, 0.25) is 11.8 Å². The Morgan fingerprint density at radius 3 is 1.97 bits per heavy atom. The van der Waals surface area contributed by atoms with Crippen LogP contribution in [-0.2, 0) is 16.1 Å². The minimum atomic E-state index is -0.162. The van der Waals surface area contributed by atoms with Crippen molar-refractivity contribution in [1.29, 1.82) is 0 Å². The van der Waals surface area contributed by atoms with Gasteiger partial charge in [0.1, 0.15) is 0 Å². The van der Waals surface area contributed by atoms with Gasteiger partial charge in [-0.25, -0.2) is 0 Å². The van der Waals surface area contributed by atoms with Gasteiger partial charge in [0.25, 0.3) is 5.91 Å². The number of benzene rings is 2. The SMILES string of the molecule is O=C(c1ccc(N2C(=O)[C@@H]3CCCC[C@H]3C2=O)cc1)N1CCN(Cc2ccccc2)CC1. The summed E-state index contributed by atoms with van der Waals surface area (Å²) in [6.45, 7) is 3.98. The lowest BCUT2D eigenvalue weighted by molar-refractivity contribution is -0.122. The van der Waals surface area contributed by atoms with Crippen molar-refractivity contribution >= 4 is 23.4 Å². The first-order chi connectivity index (χ1) is 15.6. The minimum absolute atomic E-state index is 0.00338. The molecule has 3 fully saturated rings. The van der Waals surface area contributed by atoms with Gasteiger partial charge in [0.05, 0.1) is 17.5 Å². The van der Waals surface area contributed by atoms with Gasteiger partial charge in [0, 0.05) is 38.3 Å². The van der Waals surface area contributed by atoms with E-state index >= 15 is 0 Å². The van der Waals surface area contributed by atoms with Gasteiger partial charge in [-0.2, -0.15) is 0 Å². The molecular weight excluding hydrogens is 402 g/mol. The van der Waals surface area contributed by atoms with E-state index in [9.17, 15) is 14.4 Å². The van der Waals surface area contributed by atoms with Crippen molar-refractivity contribution in [2.75, 3.05) is 31.1 Å². The molecular formula is C26H29N3O3. The van der Waals surface area contributed by atoms with E-state index in [2.05, 4.69) is 29.2 Å². The van der Waals surface area contributed by atoms with E-state index in [-0.39, 0.29) is 29.6 Å². The molecule has 2 aromatic rings. The van der Waals surface area contributed by atoms with Crippen molar-refractivity contribution in [3.63, 3.8) is 0 Å². The number of fused-ring (bicyclic) bond motifs is 1. The number of imide groups is 1. The van der Waals surface area contributed by atoms with E-state index in [1.54, 1.807) is 24.3 Å². The Morgan fingerprint density at radius 2 is 1.38 bits per heavy atom. The predicted molar refractivity (Wildman–Crippen MR) is 122 cm³/mol. The summed E-state index contributed by atoms with van der Waals surface area (Å²) in [4.78, 5) is 44.2. The lowest BCUT2D eigenvalue weighted by Crippen LogP contribution is -2.48. The largest absolute Gasteiger partial charge is 0.336 e. The average molecular weight is 432 g/mol. The maximum atomic E-state index is 13.0. The summed E-state index contributed by atoms with van der Waals surface area (Å²) < 4.78 is 0. The van der Waals surface area contributed by atoms with Crippen LogP contribution >= 0.6 is 0 Å². The van der Waals surface area contributed by atoms with E-state index in [4.69, 9.17) is 0 Å². The fraction of sp³-hybridized carbons (Fsp3) is 0.423. The molecule has 0 spiro atoms. The number of hydrogen-bond acceptors (Lipinski definition) is 4. The first kappa shape index (κ1) is 20.9. The summed E-state index contributed by atoms with van der Waals surface area (Å²) in [5.74, 6) is -0.472. The van der Waals surface area contributed by atoms with Crippen LogP contribution in [0.15, 0.2) is 54.6 Å². The summed E-state index contributed by atoms with van der Waals surface area (Å²) in [5.41, 5.74) is 2.47. The highest BCUT2D eigenvalue weighted by atomic mass is 16.2. The van der Waals surface area contributed by atoms with Crippen LogP contribution in [0.4, 0.5) is 5.69 Å². The molecule has 2 heterocycles. The number of carbonyl (C=O) groups is 3. The molecule has 5 rings (SSSR count). The molecule has 3 aliphatic rings. The normalized spacial score (nSPS) is 24.0. The lowest BCUT2D eigenvalue weighted by atomic mass is 9.81. The second kappa shape index (κ2) is 8.87. The smallest absolute Gasteiger partial charge is 0.253 e. The van der Waals surface area contributed by atoms with Crippen LogP contribution in [-0.4, -0.2) is 53.7 Å². The van der Waals surface area contributed by atoms with Crippen molar-refractivity contribution in [1.82, 2.24) is 9.80 Å². The number of hydrogen-bond donors (Lipinski definition) is 0. The van der Waals surface area contributed by atoms with Gasteiger partial charge < -0.3 is 4.90 Å². The average Bonchev–Trinajstić information content (AvgIpc) is 3.10. The van der Waals surface area contributed by atoms with Crippen molar-refractivity contribution in [3.05, 3.63) is 65.7 Å². The highest BCUT2D eigenvalue weighted by Crippen LogP contribution is 2.40. The Morgan fingerprint density at radius 1 is 0.781 bits per heavy atom. The quantitative estimate of drug-likeness (QED) is 0.697. The van der Waals surface area contributed by atoms with Crippen molar-refractivity contribution < 1.29 is 14.4 Å². The zero-order valence-electron chi connectivity index (χ0n) is 18.3. The molecule has 0 radical (unpaired) electrons. The Bertz CT molecular complexity index is 973. The highest BCUT2D eigenvalue weighted by molar-refractivity contribution is 6.22. The van der Waals surface area contributed by atoms with Gasteiger partial charge in [-0.1, -0.05) is 43.2 Å². The molecule has 6 heteroatoms. The Balaban J connectivity index is 1.21. The van der Waals surface area contributed by atoms with E-state index in [0.717, 1.165) is 45.3 Å². The third-order valence-electron chi connectivity index (χ3n) is 7.12. The van der Waals surface area contributed by atoms with Crippen molar-refractivity contribution in [2.45, 2.75) is 32.2 Å². The standard InChI is InChI=1S/C26H29N3O3/c30-24(28-16-14-27(15-17-28)18-19-6-2-1-3-7-19)20-10-12-21(13-11-20)29-25(31)22-8-4-5-9-23(22)26(29)32/h1-3,6-7,10-13,22-23H,4-5,8-9,14-18H2/t22-,23-/m1/s1. The summed E-state index contributed by atoms with van der Waals surface area (Å²) in [7, 11) is 0. The van der Waals surface area contributed by atoms with Crippen LogP contribution < -0.4 is 4.90 Å². The summed E-state index contributed by atoms with van der Waals surface area (Å²) in [5, 5.41) is 0. The van der Waals surface area contributed by atoms with Gasteiger partial charge in [0.15, 0.2) is 0 Å². The van der Waals surface area contributed by atoms with Gasteiger partial charge in [-0.3, -0.25) is 24.2 Å². The Kier molecular flexibility index (Phi) is 5.79. The van der Waals surface area contributed by atoms with Crippen LogP contribution in [0, 0.1) is 11.8 Å².